The van der Waals surface area contributed by atoms with Crippen LogP contribution in [0.1, 0.15) is 22.3 Å². The van der Waals surface area contributed by atoms with Crippen molar-refractivity contribution in [3.05, 3.63) is 70.8 Å². The molecule has 0 unspecified atom stereocenters. The van der Waals surface area contributed by atoms with E-state index in [-0.39, 0.29) is 12.5 Å². The molecule has 0 spiro atoms. The second kappa shape index (κ2) is 7.09. The van der Waals surface area contributed by atoms with Crippen molar-refractivity contribution in [2.45, 2.75) is 19.9 Å². The number of hydrogen-bond acceptors (Lipinski definition) is 3. The Labute approximate surface area is 136 Å². The fourth-order valence-electron chi connectivity index (χ4n) is 2.64. The van der Waals surface area contributed by atoms with Crippen molar-refractivity contribution in [2.75, 3.05) is 13.2 Å². The Morgan fingerprint density at radius 1 is 1.17 bits per heavy atom. The van der Waals surface area contributed by atoms with E-state index in [4.69, 9.17) is 4.84 Å². The van der Waals surface area contributed by atoms with Gasteiger partial charge in [-0.25, -0.2) is 0 Å². The zero-order valence-electron chi connectivity index (χ0n) is 13.2. The van der Waals surface area contributed by atoms with Crippen LogP contribution in [-0.4, -0.2) is 30.2 Å². The molecule has 0 saturated carbocycles. The van der Waals surface area contributed by atoms with Gasteiger partial charge in [-0.1, -0.05) is 59.3 Å². The quantitative estimate of drug-likeness (QED) is 0.644. The number of aryl methyl sites for hydroxylation is 1. The number of rotatable bonds is 4. The molecule has 0 aliphatic carbocycles. The Bertz CT molecular complexity index is 708. The van der Waals surface area contributed by atoms with E-state index in [0.29, 0.717) is 6.54 Å². The van der Waals surface area contributed by atoms with Gasteiger partial charge in [0.1, 0.15) is 0 Å². The van der Waals surface area contributed by atoms with Crippen molar-refractivity contribution >= 4 is 12.1 Å². The van der Waals surface area contributed by atoms with Crippen LogP contribution in [-0.2, 0) is 22.6 Å². The van der Waals surface area contributed by atoms with Gasteiger partial charge < -0.3 is 9.74 Å². The maximum atomic E-state index is 12.2. The van der Waals surface area contributed by atoms with Crippen molar-refractivity contribution in [3.63, 3.8) is 0 Å². The lowest BCUT2D eigenvalue weighted by molar-refractivity contribution is -0.137. The summed E-state index contributed by atoms with van der Waals surface area (Å²) in [7, 11) is 0. The molecule has 2 aromatic carbocycles. The second-order valence-corrected chi connectivity index (χ2v) is 5.75. The van der Waals surface area contributed by atoms with Gasteiger partial charge in [-0.2, -0.15) is 0 Å². The van der Waals surface area contributed by atoms with Crippen LogP contribution in [0.2, 0.25) is 0 Å². The van der Waals surface area contributed by atoms with E-state index in [1.165, 1.54) is 16.7 Å². The van der Waals surface area contributed by atoms with Gasteiger partial charge in [-0.3, -0.25) is 4.79 Å². The highest BCUT2D eigenvalue weighted by Gasteiger charge is 2.20. The molecule has 118 valence electrons. The van der Waals surface area contributed by atoms with Crippen molar-refractivity contribution in [1.29, 1.82) is 0 Å². The molecule has 23 heavy (non-hydrogen) atoms. The molecule has 4 heteroatoms. The molecule has 0 bridgehead atoms. The number of hydrogen-bond donors (Lipinski definition) is 0. The smallest absolute Gasteiger partial charge is 0.263 e. The van der Waals surface area contributed by atoms with Gasteiger partial charge in [0.05, 0.1) is 6.21 Å². The van der Waals surface area contributed by atoms with E-state index >= 15 is 0 Å². The van der Waals surface area contributed by atoms with Gasteiger partial charge in [0.15, 0.2) is 6.61 Å². The number of fused-ring (bicyclic) bond motifs is 1. The Balaban J connectivity index is 1.49. The molecule has 0 atom stereocenters. The predicted octanol–water partition coefficient (Wildman–Crippen LogP) is 2.93. The minimum Gasteiger partial charge on any atom is -0.386 e. The van der Waals surface area contributed by atoms with Crippen LogP contribution in [0.3, 0.4) is 0 Å². The number of nitrogens with zero attached hydrogens (tertiary/aromatic N) is 2. The number of oxime groups is 1. The first-order valence-electron chi connectivity index (χ1n) is 7.79. The van der Waals surface area contributed by atoms with Gasteiger partial charge in [-0.15, -0.1) is 0 Å². The molecule has 0 radical (unpaired) electrons. The van der Waals surface area contributed by atoms with Crippen molar-refractivity contribution in [3.8, 4) is 0 Å². The fraction of sp³-hybridized carbons (Fsp3) is 0.263. The lowest BCUT2D eigenvalue weighted by atomic mass is 10.00. The van der Waals surface area contributed by atoms with Crippen LogP contribution in [0.5, 0.6) is 0 Å². The molecule has 1 aliphatic heterocycles. The van der Waals surface area contributed by atoms with Gasteiger partial charge >= 0.3 is 0 Å². The summed E-state index contributed by atoms with van der Waals surface area (Å²) in [5.74, 6) is -0.0273. The highest BCUT2D eigenvalue weighted by atomic mass is 16.6. The van der Waals surface area contributed by atoms with Crippen molar-refractivity contribution in [1.82, 2.24) is 4.90 Å². The average Bonchev–Trinajstić information content (AvgIpc) is 2.59. The minimum absolute atomic E-state index is 0.0233. The van der Waals surface area contributed by atoms with Crippen LogP contribution in [0.15, 0.2) is 53.7 Å². The highest BCUT2D eigenvalue weighted by Crippen LogP contribution is 2.18. The average molecular weight is 308 g/mol. The number of carbonyl (C=O) groups excluding carboxylic acids is 1. The highest BCUT2D eigenvalue weighted by molar-refractivity contribution is 5.80. The third-order valence-corrected chi connectivity index (χ3v) is 4.03. The molecular formula is C19H20N2O2. The third kappa shape index (κ3) is 3.97. The zero-order valence-corrected chi connectivity index (χ0v) is 13.2. The SMILES string of the molecule is Cc1ccc(/C=N\OCC(=O)N2CCc3ccccc3C2)cc1. The topological polar surface area (TPSA) is 41.9 Å². The summed E-state index contributed by atoms with van der Waals surface area (Å²) in [6.07, 6.45) is 2.52. The summed E-state index contributed by atoms with van der Waals surface area (Å²) < 4.78 is 0. The molecule has 0 N–H and O–H groups in total. The first kappa shape index (κ1) is 15.3. The number of carbonyl (C=O) groups is 1. The Morgan fingerprint density at radius 2 is 1.91 bits per heavy atom. The van der Waals surface area contributed by atoms with Crippen LogP contribution in [0.25, 0.3) is 0 Å². The third-order valence-electron chi connectivity index (χ3n) is 4.03. The molecule has 1 amide bonds. The summed E-state index contributed by atoms with van der Waals surface area (Å²) in [6, 6.07) is 16.2. The van der Waals surface area contributed by atoms with Crippen LogP contribution < -0.4 is 0 Å². The van der Waals surface area contributed by atoms with Crippen molar-refractivity contribution < 1.29 is 9.63 Å². The monoisotopic (exact) mass is 308 g/mol. The molecule has 1 heterocycles. The first-order valence-corrected chi connectivity index (χ1v) is 7.79. The predicted molar refractivity (Wildman–Crippen MR) is 90.3 cm³/mol. The van der Waals surface area contributed by atoms with Gasteiger partial charge in [-0.05, 0) is 30.0 Å². The van der Waals surface area contributed by atoms with E-state index < -0.39 is 0 Å². The Morgan fingerprint density at radius 3 is 2.70 bits per heavy atom. The molecule has 1 aliphatic rings. The molecule has 3 rings (SSSR count). The van der Waals surface area contributed by atoms with Gasteiger partial charge in [0.2, 0.25) is 0 Å². The first-order chi connectivity index (χ1) is 11.2. The van der Waals surface area contributed by atoms with E-state index in [9.17, 15) is 4.79 Å². The molecule has 0 saturated heterocycles. The maximum Gasteiger partial charge on any atom is 0.263 e. The zero-order chi connectivity index (χ0) is 16.1. The number of benzene rings is 2. The van der Waals surface area contributed by atoms with E-state index in [1.807, 2.05) is 48.2 Å². The maximum absolute atomic E-state index is 12.2. The van der Waals surface area contributed by atoms with Crippen LogP contribution in [0.4, 0.5) is 0 Å². The van der Waals surface area contributed by atoms with Crippen molar-refractivity contribution in [2.24, 2.45) is 5.16 Å². The normalized spacial score (nSPS) is 13.9. The summed E-state index contributed by atoms with van der Waals surface area (Å²) in [6.45, 7) is 3.40. The lowest BCUT2D eigenvalue weighted by Crippen LogP contribution is -2.37. The van der Waals surface area contributed by atoms with Gasteiger partial charge in [0, 0.05) is 13.1 Å². The minimum atomic E-state index is -0.0273. The van der Waals surface area contributed by atoms with Gasteiger partial charge in [0.25, 0.3) is 5.91 Å². The van der Waals surface area contributed by atoms with E-state index in [0.717, 1.165) is 18.5 Å². The molecule has 0 aromatic heterocycles. The lowest BCUT2D eigenvalue weighted by Gasteiger charge is -2.28. The van der Waals surface area contributed by atoms with Crippen LogP contribution in [0, 0.1) is 6.92 Å². The summed E-state index contributed by atoms with van der Waals surface area (Å²) in [4.78, 5) is 19.2. The Hall–Kier alpha value is -2.62. The molecule has 4 nitrogen and oxygen atoms in total. The molecule has 0 fully saturated rings. The number of amides is 1. The summed E-state index contributed by atoms with van der Waals surface area (Å²) in [5.41, 5.74) is 4.70. The largest absolute Gasteiger partial charge is 0.386 e. The summed E-state index contributed by atoms with van der Waals surface area (Å²) in [5, 5.41) is 3.88. The molecule has 2 aromatic rings. The molecular weight excluding hydrogens is 288 g/mol. The van der Waals surface area contributed by atoms with E-state index in [1.54, 1.807) is 6.21 Å². The van der Waals surface area contributed by atoms with E-state index in [2.05, 4.69) is 17.3 Å². The Kier molecular flexibility index (Phi) is 4.71. The standard InChI is InChI=1S/C19H20N2O2/c1-15-6-8-16(9-7-15)12-20-23-14-19(22)21-11-10-17-4-2-3-5-18(17)13-21/h2-9,12H,10-11,13-14H2,1H3/b20-12-. The van der Waals surface area contributed by atoms with Crippen LogP contribution >= 0.6 is 0 Å². The second-order valence-electron chi connectivity index (χ2n) is 5.75. The summed E-state index contributed by atoms with van der Waals surface area (Å²) >= 11 is 0. The fourth-order valence-corrected chi connectivity index (χ4v) is 2.64.